The van der Waals surface area contributed by atoms with Gasteiger partial charge >= 0.3 is 0 Å². The molecule has 0 aliphatic heterocycles. The molecule has 0 heterocycles. The molecule has 15 heavy (non-hydrogen) atoms. The number of benzene rings is 1. The lowest BCUT2D eigenvalue weighted by atomic mass is 10.0. The topological polar surface area (TPSA) is 20.2 Å². The maximum atomic E-state index is 13.0. The first-order chi connectivity index (χ1) is 6.99. The van der Waals surface area contributed by atoms with E-state index in [1.807, 2.05) is 5.92 Å². The highest BCUT2D eigenvalue weighted by molar-refractivity contribution is 5.25. The van der Waals surface area contributed by atoms with Crippen LogP contribution in [0.15, 0.2) is 6.07 Å². The minimum Gasteiger partial charge on any atom is -0.387 e. The van der Waals surface area contributed by atoms with Crippen molar-refractivity contribution in [1.82, 2.24) is 0 Å². The highest BCUT2D eigenvalue weighted by Crippen LogP contribution is 2.26. The molecule has 0 amide bonds. The minimum atomic E-state index is -1.76. The molecule has 0 fully saturated rings. The van der Waals surface area contributed by atoms with Gasteiger partial charge in [0, 0.05) is 12.5 Å². The Kier molecular flexibility index (Phi) is 3.32. The molecule has 0 aliphatic carbocycles. The van der Waals surface area contributed by atoms with E-state index in [2.05, 4.69) is 0 Å². The van der Waals surface area contributed by atoms with Crippen molar-refractivity contribution in [3.63, 3.8) is 0 Å². The van der Waals surface area contributed by atoms with E-state index < -0.39 is 41.4 Å². The highest BCUT2D eigenvalue weighted by Gasteiger charge is 2.24. The average molecular weight is 218 g/mol. The quantitative estimate of drug-likeness (QED) is 0.458. The lowest BCUT2D eigenvalue weighted by Crippen LogP contribution is -2.08. The third kappa shape index (κ3) is 2.10. The molecule has 0 spiro atoms. The maximum Gasteiger partial charge on any atom is 0.167 e. The van der Waals surface area contributed by atoms with E-state index in [1.165, 1.54) is 0 Å². The normalized spacial score (nSPS) is 12.3. The molecule has 1 N–H and O–H groups in total. The summed E-state index contributed by atoms with van der Waals surface area (Å²) >= 11 is 0. The van der Waals surface area contributed by atoms with Gasteiger partial charge in [0.15, 0.2) is 23.3 Å². The van der Waals surface area contributed by atoms with Crippen LogP contribution in [0.5, 0.6) is 0 Å². The zero-order valence-electron chi connectivity index (χ0n) is 7.40. The molecule has 1 unspecified atom stereocenters. The first kappa shape index (κ1) is 11.5. The summed E-state index contributed by atoms with van der Waals surface area (Å²) in [5, 5.41) is 9.18. The number of aliphatic hydroxyl groups excluding tert-OH is 1. The summed E-state index contributed by atoms with van der Waals surface area (Å²) in [6.45, 7) is 0. The van der Waals surface area contributed by atoms with Crippen molar-refractivity contribution < 1.29 is 22.7 Å². The Hall–Kier alpha value is -1.54. The van der Waals surface area contributed by atoms with Gasteiger partial charge in [-0.3, -0.25) is 0 Å². The van der Waals surface area contributed by atoms with E-state index in [4.69, 9.17) is 6.42 Å². The second-order valence-electron chi connectivity index (χ2n) is 2.81. The molecule has 0 aliphatic rings. The summed E-state index contributed by atoms with van der Waals surface area (Å²) in [4.78, 5) is 0. The number of rotatable bonds is 2. The summed E-state index contributed by atoms with van der Waals surface area (Å²) < 4.78 is 51.4. The maximum absolute atomic E-state index is 13.0. The van der Waals surface area contributed by atoms with Crippen molar-refractivity contribution in [2.24, 2.45) is 0 Å². The first-order valence-electron chi connectivity index (χ1n) is 3.93. The molecule has 1 aromatic carbocycles. The Morgan fingerprint density at radius 2 is 1.67 bits per heavy atom. The van der Waals surface area contributed by atoms with E-state index in [-0.39, 0.29) is 6.07 Å². The number of hydrogen-bond donors (Lipinski definition) is 1. The lowest BCUT2D eigenvalue weighted by Gasteiger charge is -2.10. The number of halogens is 4. The van der Waals surface area contributed by atoms with Crippen LogP contribution in [0.1, 0.15) is 18.1 Å². The van der Waals surface area contributed by atoms with Crippen LogP contribution in [-0.4, -0.2) is 5.11 Å². The van der Waals surface area contributed by atoms with Crippen molar-refractivity contribution in [1.29, 1.82) is 0 Å². The van der Waals surface area contributed by atoms with E-state index >= 15 is 0 Å². The summed E-state index contributed by atoms with van der Waals surface area (Å²) in [6, 6.07) is 0.0662. The Balaban J connectivity index is 3.33. The van der Waals surface area contributed by atoms with Crippen LogP contribution >= 0.6 is 0 Å². The molecule has 0 bridgehead atoms. The van der Waals surface area contributed by atoms with Gasteiger partial charge in [-0.15, -0.1) is 12.3 Å². The van der Waals surface area contributed by atoms with Crippen LogP contribution < -0.4 is 0 Å². The van der Waals surface area contributed by atoms with Crippen LogP contribution in [0.3, 0.4) is 0 Å². The van der Waals surface area contributed by atoms with Crippen molar-refractivity contribution in [2.75, 3.05) is 0 Å². The largest absolute Gasteiger partial charge is 0.387 e. The van der Waals surface area contributed by atoms with Crippen molar-refractivity contribution >= 4 is 0 Å². The molecular weight excluding hydrogens is 212 g/mol. The molecule has 1 aromatic rings. The van der Waals surface area contributed by atoms with Gasteiger partial charge in [0.05, 0.1) is 11.7 Å². The van der Waals surface area contributed by atoms with Gasteiger partial charge in [0.2, 0.25) is 0 Å². The lowest BCUT2D eigenvalue weighted by molar-refractivity contribution is 0.170. The van der Waals surface area contributed by atoms with Gasteiger partial charge in [-0.2, -0.15) is 0 Å². The van der Waals surface area contributed by atoms with Crippen LogP contribution in [0, 0.1) is 35.6 Å². The zero-order valence-corrected chi connectivity index (χ0v) is 7.40. The smallest absolute Gasteiger partial charge is 0.167 e. The number of hydrogen-bond acceptors (Lipinski definition) is 1. The SMILES string of the molecule is C#CCC(O)c1c(F)c(F)cc(F)c1F. The Bertz CT molecular complexity index is 396. The van der Waals surface area contributed by atoms with E-state index in [0.29, 0.717) is 0 Å². The molecule has 5 heteroatoms. The summed E-state index contributed by atoms with van der Waals surface area (Å²) in [7, 11) is 0. The summed E-state index contributed by atoms with van der Waals surface area (Å²) in [5.41, 5.74) is -1.08. The van der Waals surface area contributed by atoms with Crippen LogP contribution in [-0.2, 0) is 0 Å². The Morgan fingerprint density at radius 3 is 2.07 bits per heavy atom. The highest BCUT2D eigenvalue weighted by atomic mass is 19.2. The van der Waals surface area contributed by atoms with Gasteiger partial charge in [0.25, 0.3) is 0 Å². The standard InChI is InChI=1S/C10H6F4O/c1-2-3-7(15)8-9(13)5(11)4-6(12)10(8)14/h1,4,7,15H,3H2. The monoisotopic (exact) mass is 218 g/mol. The first-order valence-corrected chi connectivity index (χ1v) is 3.93. The summed E-state index contributed by atoms with van der Waals surface area (Å²) in [5.74, 6) is -4.46. The van der Waals surface area contributed by atoms with Gasteiger partial charge in [0.1, 0.15) is 0 Å². The Morgan fingerprint density at radius 1 is 1.20 bits per heavy atom. The van der Waals surface area contributed by atoms with E-state index in [9.17, 15) is 22.7 Å². The molecule has 0 radical (unpaired) electrons. The summed E-state index contributed by atoms with van der Waals surface area (Å²) in [6.07, 6.45) is 2.60. The second-order valence-corrected chi connectivity index (χ2v) is 2.81. The number of terminal acetylenes is 1. The van der Waals surface area contributed by atoms with Gasteiger partial charge in [-0.25, -0.2) is 17.6 Å². The Labute approximate surface area is 83.3 Å². The fraction of sp³-hybridized carbons (Fsp3) is 0.200. The third-order valence-corrected chi connectivity index (χ3v) is 1.79. The zero-order chi connectivity index (χ0) is 11.6. The molecule has 0 saturated carbocycles. The van der Waals surface area contributed by atoms with Gasteiger partial charge < -0.3 is 5.11 Å². The molecule has 1 rings (SSSR count). The average Bonchev–Trinajstić information content (AvgIpc) is 2.16. The number of aliphatic hydroxyl groups is 1. The van der Waals surface area contributed by atoms with E-state index in [0.717, 1.165) is 0 Å². The second kappa shape index (κ2) is 4.32. The van der Waals surface area contributed by atoms with Crippen molar-refractivity contribution in [3.05, 3.63) is 34.9 Å². The molecule has 1 nitrogen and oxygen atoms in total. The molecular formula is C10H6F4O. The van der Waals surface area contributed by atoms with Crippen molar-refractivity contribution in [2.45, 2.75) is 12.5 Å². The molecule has 1 atom stereocenters. The fourth-order valence-corrected chi connectivity index (χ4v) is 1.10. The minimum absolute atomic E-state index is 0.0662. The van der Waals surface area contributed by atoms with Crippen molar-refractivity contribution in [3.8, 4) is 12.3 Å². The van der Waals surface area contributed by atoms with Gasteiger partial charge in [-0.1, -0.05) is 0 Å². The predicted octanol–water partition coefficient (Wildman–Crippen LogP) is 2.30. The predicted molar refractivity (Wildman–Crippen MR) is 44.7 cm³/mol. The van der Waals surface area contributed by atoms with E-state index in [1.54, 1.807) is 0 Å². The van der Waals surface area contributed by atoms with Crippen LogP contribution in [0.2, 0.25) is 0 Å². The third-order valence-electron chi connectivity index (χ3n) is 1.79. The van der Waals surface area contributed by atoms with Gasteiger partial charge in [-0.05, 0) is 0 Å². The molecule has 0 saturated heterocycles. The van der Waals surface area contributed by atoms with Crippen LogP contribution in [0.25, 0.3) is 0 Å². The van der Waals surface area contributed by atoms with Crippen LogP contribution in [0.4, 0.5) is 17.6 Å². The molecule has 80 valence electrons. The molecule has 0 aromatic heterocycles. The fourth-order valence-electron chi connectivity index (χ4n) is 1.10.